The average molecular weight is 228 g/mol. The van der Waals surface area contributed by atoms with Crippen molar-refractivity contribution in [1.82, 2.24) is 0 Å². The molecular formula is C9H3Cl2NS. The van der Waals surface area contributed by atoms with E-state index < -0.39 is 0 Å². The molecule has 2 aromatic rings. The normalized spacial score (nSPS) is 10.2. The van der Waals surface area contributed by atoms with Gasteiger partial charge in [0.2, 0.25) is 0 Å². The maximum absolute atomic E-state index is 8.81. The Morgan fingerprint density at radius 1 is 1.23 bits per heavy atom. The van der Waals surface area contributed by atoms with Gasteiger partial charge in [-0.05, 0) is 12.1 Å². The van der Waals surface area contributed by atoms with Gasteiger partial charge in [0.05, 0.1) is 20.3 Å². The van der Waals surface area contributed by atoms with Crippen LogP contribution in [-0.2, 0) is 0 Å². The molecule has 2 rings (SSSR count). The van der Waals surface area contributed by atoms with Crippen LogP contribution in [0.4, 0.5) is 0 Å². The van der Waals surface area contributed by atoms with E-state index in [9.17, 15) is 0 Å². The first kappa shape index (κ1) is 8.83. The maximum atomic E-state index is 8.81. The zero-order chi connectivity index (χ0) is 9.42. The van der Waals surface area contributed by atoms with Gasteiger partial charge < -0.3 is 0 Å². The van der Waals surface area contributed by atoms with E-state index in [1.807, 2.05) is 0 Å². The van der Waals surface area contributed by atoms with Gasteiger partial charge in [-0.2, -0.15) is 5.26 Å². The quantitative estimate of drug-likeness (QED) is 0.666. The number of rotatable bonds is 0. The van der Waals surface area contributed by atoms with Crippen molar-refractivity contribution in [2.45, 2.75) is 0 Å². The van der Waals surface area contributed by atoms with Crippen LogP contribution >= 0.6 is 34.5 Å². The van der Waals surface area contributed by atoms with Crippen molar-refractivity contribution in [2.75, 3.05) is 0 Å². The largest absolute Gasteiger partial charge is 0.192 e. The highest BCUT2D eigenvalue weighted by molar-refractivity contribution is 7.18. The Morgan fingerprint density at radius 2 is 2.00 bits per heavy atom. The summed E-state index contributed by atoms with van der Waals surface area (Å²) in [7, 11) is 0. The van der Waals surface area contributed by atoms with Crippen molar-refractivity contribution >= 4 is 44.6 Å². The highest BCUT2D eigenvalue weighted by Gasteiger charge is 2.09. The van der Waals surface area contributed by atoms with Gasteiger partial charge in [0.25, 0.3) is 0 Å². The van der Waals surface area contributed by atoms with Crippen molar-refractivity contribution in [3.05, 3.63) is 33.1 Å². The lowest BCUT2D eigenvalue weighted by molar-refractivity contribution is 1.51. The van der Waals surface area contributed by atoms with Crippen LogP contribution in [0.5, 0.6) is 0 Å². The number of thiophene rings is 1. The van der Waals surface area contributed by atoms with Crippen molar-refractivity contribution in [2.24, 2.45) is 0 Å². The second-order valence-corrected chi connectivity index (χ2v) is 4.19. The average Bonchev–Trinajstić information content (AvgIpc) is 2.50. The molecule has 0 bridgehead atoms. The van der Waals surface area contributed by atoms with Crippen LogP contribution in [0.1, 0.15) is 5.56 Å². The molecule has 0 fully saturated rings. The molecule has 0 N–H and O–H groups in total. The summed E-state index contributed by atoms with van der Waals surface area (Å²) in [5.74, 6) is 0. The van der Waals surface area contributed by atoms with Gasteiger partial charge >= 0.3 is 0 Å². The molecule has 0 saturated heterocycles. The van der Waals surface area contributed by atoms with E-state index >= 15 is 0 Å². The number of hydrogen-bond acceptors (Lipinski definition) is 2. The summed E-state index contributed by atoms with van der Waals surface area (Å²) in [6.07, 6.45) is 0. The Balaban J connectivity index is 2.97. The molecule has 1 aromatic carbocycles. The van der Waals surface area contributed by atoms with Crippen molar-refractivity contribution < 1.29 is 0 Å². The summed E-state index contributed by atoms with van der Waals surface area (Å²) in [5.41, 5.74) is 0.622. The molecule has 0 amide bonds. The molecule has 1 heterocycles. The Morgan fingerprint density at radius 3 is 2.69 bits per heavy atom. The molecule has 13 heavy (non-hydrogen) atoms. The number of hydrogen-bond donors (Lipinski definition) is 0. The predicted molar refractivity (Wildman–Crippen MR) is 56.6 cm³/mol. The van der Waals surface area contributed by atoms with Crippen molar-refractivity contribution in [3.63, 3.8) is 0 Å². The predicted octanol–water partition coefficient (Wildman–Crippen LogP) is 4.08. The molecule has 0 saturated carbocycles. The molecule has 0 aliphatic carbocycles. The summed E-state index contributed by atoms with van der Waals surface area (Å²) in [6, 6.07) is 5.50. The Kier molecular flexibility index (Phi) is 2.17. The van der Waals surface area contributed by atoms with E-state index in [1.54, 1.807) is 17.5 Å². The van der Waals surface area contributed by atoms with Crippen LogP contribution in [0.3, 0.4) is 0 Å². The summed E-state index contributed by atoms with van der Waals surface area (Å²) in [5, 5.41) is 12.6. The van der Waals surface area contributed by atoms with Crippen molar-refractivity contribution in [1.29, 1.82) is 5.26 Å². The van der Waals surface area contributed by atoms with Gasteiger partial charge in [0, 0.05) is 10.8 Å². The molecule has 0 radical (unpaired) electrons. The summed E-state index contributed by atoms with van der Waals surface area (Å²) in [6.45, 7) is 0. The van der Waals surface area contributed by atoms with Crippen LogP contribution in [0.15, 0.2) is 17.5 Å². The van der Waals surface area contributed by atoms with Gasteiger partial charge in [0.15, 0.2) is 0 Å². The van der Waals surface area contributed by atoms with Crippen LogP contribution in [-0.4, -0.2) is 0 Å². The van der Waals surface area contributed by atoms with Gasteiger partial charge in [-0.15, -0.1) is 11.3 Å². The standard InChI is InChI=1S/C9H3Cl2NS/c10-6-2-1-5(3-12)9-8(6)7(11)4-13-9/h1-2,4H. The van der Waals surface area contributed by atoms with Crippen LogP contribution in [0, 0.1) is 11.3 Å². The summed E-state index contributed by atoms with van der Waals surface area (Å²) >= 11 is 13.3. The minimum absolute atomic E-state index is 0.597. The third-order valence-electron chi connectivity index (χ3n) is 1.75. The molecule has 64 valence electrons. The fraction of sp³-hybridized carbons (Fsp3) is 0. The fourth-order valence-corrected chi connectivity index (χ4v) is 2.83. The lowest BCUT2D eigenvalue weighted by Crippen LogP contribution is -1.74. The summed E-state index contributed by atoms with van der Waals surface area (Å²) in [4.78, 5) is 0. The van der Waals surface area contributed by atoms with E-state index in [0.717, 1.165) is 10.1 Å². The van der Waals surface area contributed by atoms with Crippen LogP contribution in [0.25, 0.3) is 10.1 Å². The topological polar surface area (TPSA) is 23.8 Å². The van der Waals surface area contributed by atoms with E-state index in [-0.39, 0.29) is 0 Å². The maximum Gasteiger partial charge on any atom is 0.101 e. The van der Waals surface area contributed by atoms with E-state index in [4.69, 9.17) is 28.5 Å². The second-order valence-electron chi connectivity index (χ2n) is 2.49. The zero-order valence-electron chi connectivity index (χ0n) is 6.34. The van der Waals surface area contributed by atoms with E-state index in [2.05, 4.69) is 6.07 Å². The van der Waals surface area contributed by atoms with E-state index in [1.165, 1.54) is 11.3 Å². The van der Waals surface area contributed by atoms with Crippen molar-refractivity contribution in [3.8, 4) is 6.07 Å². The van der Waals surface area contributed by atoms with Crippen LogP contribution < -0.4 is 0 Å². The molecule has 0 aliphatic heterocycles. The lowest BCUT2D eigenvalue weighted by atomic mass is 10.2. The zero-order valence-corrected chi connectivity index (χ0v) is 8.67. The number of nitrogens with zero attached hydrogens (tertiary/aromatic N) is 1. The molecule has 0 unspecified atom stereocenters. The first-order valence-electron chi connectivity index (χ1n) is 3.49. The smallest absolute Gasteiger partial charge is 0.101 e. The van der Waals surface area contributed by atoms with Crippen LogP contribution in [0.2, 0.25) is 10.0 Å². The minimum atomic E-state index is 0.597. The van der Waals surface area contributed by atoms with Gasteiger partial charge in [-0.1, -0.05) is 23.2 Å². The molecule has 1 nitrogen and oxygen atoms in total. The third kappa shape index (κ3) is 1.30. The molecule has 0 atom stereocenters. The minimum Gasteiger partial charge on any atom is -0.192 e. The lowest BCUT2D eigenvalue weighted by Gasteiger charge is -1.95. The SMILES string of the molecule is N#Cc1ccc(Cl)c2c(Cl)csc12. The highest BCUT2D eigenvalue weighted by Crippen LogP contribution is 2.37. The highest BCUT2D eigenvalue weighted by atomic mass is 35.5. The molecule has 4 heteroatoms. The number of halogens is 2. The van der Waals surface area contributed by atoms with Gasteiger partial charge in [-0.25, -0.2) is 0 Å². The fourth-order valence-electron chi connectivity index (χ4n) is 1.16. The van der Waals surface area contributed by atoms with Gasteiger partial charge in [-0.3, -0.25) is 0 Å². The Bertz CT molecular complexity index is 510. The molecule has 0 spiro atoms. The van der Waals surface area contributed by atoms with Gasteiger partial charge in [0.1, 0.15) is 6.07 Å². The first-order chi connectivity index (χ1) is 6.24. The number of benzene rings is 1. The summed E-state index contributed by atoms with van der Waals surface area (Å²) < 4.78 is 0.861. The Hall–Kier alpha value is -0.750. The third-order valence-corrected chi connectivity index (χ3v) is 3.50. The number of fused-ring (bicyclic) bond motifs is 1. The number of nitriles is 1. The second kappa shape index (κ2) is 3.19. The molecular weight excluding hydrogens is 225 g/mol. The first-order valence-corrected chi connectivity index (χ1v) is 5.13. The molecule has 0 aliphatic rings. The monoisotopic (exact) mass is 227 g/mol. The Labute approximate surface area is 89.1 Å². The van der Waals surface area contributed by atoms with E-state index in [0.29, 0.717) is 15.6 Å². The molecule has 1 aromatic heterocycles.